The third-order valence-electron chi connectivity index (χ3n) is 2.70. The van der Waals surface area contributed by atoms with Crippen molar-refractivity contribution in [3.05, 3.63) is 46.2 Å². The highest BCUT2D eigenvalue weighted by atomic mass is 32.1. The summed E-state index contributed by atoms with van der Waals surface area (Å²) in [6, 6.07) is 3.67. The zero-order valence-electron chi connectivity index (χ0n) is 10.8. The molecule has 0 aliphatic carbocycles. The van der Waals surface area contributed by atoms with Crippen molar-refractivity contribution in [2.75, 3.05) is 6.54 Å². The van der Waals surface area contributed by atoms with Crippen LogP contribution in [0.5, 0.6) is 0 Å². The molecule has 104 valence electrons. The topological polar surface area (TPSA) is 83.4 Å². The maximum Gasteiger partial charge on any atom is 0.355 e. The molecule has 7 heteroatoms. The molecule has 1 N–H and O–H groups in total. The van der Waals surface area contributed by atoms with E-state index in [1.54, 1.807) is 17.3 Å². The Morgan fingerprint density at radius 3 is 2.60 bits per heavy atom. The SMILES string of the molecule is CCN(Cc1ccncc1)C(=O)c1nc(C(=O)O)cs1. The van der Waals surface area contributed by atoms with E-state index < -0.39 is 5.97 Å². The minimum atomic E-state index is -1.13. The quantitative estimate of drug-likeness (QED) is 0.909. The van der Waals surface area contributed by atoms with E-state index in [-0.39, 0.29) is 16.6 Å². The van der Waals surface area contributed by atoms with Crippen molar-refractivity contribution >= 4 is 23.2 Å². The Kier molecular flexibility index (Phi) is 4.41. The molecule has 2 aromatic rings. The first-order valence-electron chi connectivity index (χ1n) is 5.98. The monoisotopic (exact) mass is 291 g/mol. The lowest BCUT2D eigenvalue weighted by molar-refractivity contribution is 0.0691. The van der Waals surface area contributed by atoms with Crippen LogP contribution in [-0.4, -0.2) is 38.4 Å². The second kappa shape index (κ2) is 6.25. The van der Waals surface area contributed by atoms with Crippen LogP contribution < -0.4 is 0 Å². The molecule has 0 atom stereocenters. The van der Waals surface area contributed by atoms with E-state index in [9.17, 15) is 9.59 Å². The summed E-state index contributed by atoms with van der Waals surface area (Å²) in [5, 5.41) is 10.4. The first-order valence-corrected chi connectivity index (χ1v) is 6.86. The number of carbonyl (C=O) groups excluding carboxylic acids is 1. The Hall–Kier alpha value is -2.28. The molecule has 0 bridgehead atoms. The minimum Gasteiger partial charge on any atom is -0.476 e. The molecule has 0 aliphatic rings. The number of amides is 1. The Morgan fingerprint density at radius 2 is 2.05 bits per heavy atom. The molecule has 0 saturated heterocycles. The molecule has 0 aliphatic heterocycles. The Morgan fingerprint density at radius 1 is 1.35 bits per heavy atom. The van der Waals surface area contributed by atoms with Gasteiger partial charge in [-0.3, -0.25) is 9.78 Å². The average molecular weight is 291 g/mol. The Labute approximate surface area is 119 Å². The second-order valence-corrected chi connectivity index (χ2v) is 4.88. The highest BCUT2D eigenvalue weighted by Gasteiger charge is 2.19. The molecular weight excluding hydrogens is 278 g/mol. The van der Waals surface area contributed by atoms with Crippen molar-refractivity contribution in [2.24, 2.45) is 0 Å². The van der Waals surface area contributed by atoms with Gasteiger partial charge in [-0.1, -0.05) is 0 Å². The lowest BCUT2D eigenvalue weighted by atomic mass is 10.2. The summed E-state index contributed by atoms with van der Waals surface area (Å²) < 4.78 is 0. The molecule has 2 aromatic heterocycles. The van der Waals surface area contributed by atoms with Gasteiger partial charge < -0.3 is 10.0 Å². The van der Waals surface area contributed by atoms with Crippen molar-refractivity contribution in [1.82, 2.24) is 14.9 Å². The predicted octanol–water partition coefficient (Wildman–Crippen LogP) is 1.90. The minimum absolute atomic E-state index is 0.0988. The first kappa shape index (κ1) is 14.1. The number of aromatic carboxylic acids is 1. The molecule has 2 heterocycles. The number of carbonyl (C=O) groups is 2. The van der Waals surface area contributed by atoms with Gasteiger partial charge in [0.05, 0.1) is 0 Å². The van der Waals surface area contributed by atoms with Gasteiger partial charge in [0.25, 0.3) is 5.91 Å². The van der Waals surface area contributed by atoms with Crippen molar-refractivity contribution in [3.63, 3.8) is 0 Å². The van der Waals surface area contributed by atoms with E-state index in [4.69, 9.17) is 5.11 Å². The number of carboxylic acid groups (broad SMARTS) is 1. The van der Waals surface area contributed by atoms with Crippen LogP contribution in [0.3, 0.4) is 0 Å². The van der Waals surface area contributed by atoms with Gasteiger partial charge in [0.2, 0.25) is 0 Å². The van der Waals surface area contributed by atoms with E-state index in [0.29, 0.717) is 13.1 Å². The zero-order valence-corrected chi connectivity index (χ0v) is 11.6. The molecular formula is C13H13N3O3S. The highest BCUT2D eigenvalue weighted by molar-refractivity contribution is 7.11. The van der Waals surface area contributed by atoms with Crippen LogP contribution in [-0.2, 0) is 6.54 Å². The van der Waals surface area contributed by atoms with Crippen LogP contribution in [0.15, 0.2) is 29.9 Å². The molecule has 0 spiro atoms. The summed E-state index contributed by atoms with van der Waals surface area (Å²) in [4.78, 5) is 32.4. The van der Waals surface area contributed by atoms with Crippen LogP contribution in [0, 0.1) is 0 Å². The number of aromatic nitrogens is 2. The number of carboxylic acids is 1. The largest absolute Gasteiger partial charge is 0.476 e. The van der Waals surface area contributed by atoms with Crippen LogP contribution in [0.1, 0.15) is 32.8 Å². The molecule has 20 heavy (non-hydrogen) atoms. The zero-order chi connectivity index (χ0) is 14.5. The number of pyridine rings is 1. The normalized spacial score (nSPS) is 10.2. The van der Waals surface area contributed by atoms with Gasteiger partial charge >= 0.3 is 5.97 Å². The van der Waals surface area contributed by atoms with Gasteiger partial charge in [0, 0.05) is 30.9 Å². The Balaban J connectivity index is 2.14. The van der Waals surface area contributed by atoms with Crippen molar-refractivity contribution in [1.29, 1.82) is 0 Å². The Bertz CT molecular complexity index is 612. The maximum absolute atomic E-state index is 12.3. The summed E-state index contributed by atoms with van der Waals surface area (Å²) in [6.45, 7) is 2.83. The molecule has 1 amide bonds. The summed E-state index contributed by atoms with van der Waals surface area (Å²) in [6.07, 6.45) is 3.33. The molecule has 2 rings (SSSR count). The van der Waals surface area contributed by atoms with E-state index >= 15 is 0 Å². The van der Waals surface area contributed by atoms with E-state index in [1.165, 1.54) is 5.38 Å². The smallest absolute Gasteiger partial charge is 0.355 e. The summed E-state index contributed by atoms with van der Waals surface area (Å²) in [7, 11) is 0. The maximum atomic E-state index is 12.3. The molecule has 0 fully saturated rings. The number of rotatable bonds is 5. The molecule has 0 aromatic carbocycles. The third kappa shape index (κ3) is 3.18. The third-order valence-corrected chi connectivity index (χ3v) is 3.53. The van der Waals surface area contributed by atoms with E-state index in [2.05, 4.69) is 9.97 Å². The molecule has 6 nitrogen and oxygen atoms in total. The van der Waals surface area contributed by atoms with Crippen LogP contribution in [0.25, 0.3) is 0 Å². The fourth-order valence-electron chi connectivity index (χ4n) is 1.64. The summed E-state index contributed by atoms with van der Waals surface area (Å²) >= 11 is 1.04. The van der Waals surface area contributed by atoms with Gasteiger partial charge in [-0.25, -0.2) is 9.78 Å². The molecule has 0 saturated carbocycles. The molecule has 0 radical (unpaired) electrons. The van der Waals surface area contributed by atoms with Gasteiger partial charge in [-0.2, -0.15) is 0 Å². The summed E-state index contributed by atoms with van der Waals surface area (Å²) in [5.74, 6) is -1.39. The van der Waals surface area contributed by atoms with Crippen LogP contribution in [0.4, 0.5) is 0 Å². The van der Waals surface area contributed by atoms with Crippen LogP contribution in [0.2, 0.25) is 0 Å². The van der Waals surface area contributed by atoms with Crippen molar-refractivity contribution < 1.29 is 14.7 Å². The van der Waals surface area contributed by atoms with Gasteiger partial charge in [-0.05, 0) is 24.6 Å². The van der Waals surface area contributed by atoms with E-state index in [1.807, 2.05) is 19.1 Å². The number of thiazole rings is 1. The van der Waals surface area contributed by atoms with E-state index in [0.717, 1.165) is 16.9 Å². The fourth-order valence-corrected chi connectivity index (χ4v) is 2.40. The second-order valence-electron chi connectivity index (χ2n) is 4.02. The lowest BCUT2D eigenvalue weighted by Crippen LogP contribution is -2.30. The predicted molar refractivity (Wildman–Crippen MR) is 73.7 cm³/mol. The van der Waals surface area contributed by atoms with Gasteiger partial charge in [0.15, 0.2) is 10.7 Å². The number of nitrogens with zero attached hydrogens (tertiary/aromatic N) is 3. The fraction of sp³-hybridized carbons (Fsp3) is 0.231. The van der Waals surface area contributed by atoms with Crippen LogP contribution >= 0.6 is 11.3 Å². The van der Waals surface area contributed by atoms with Gasteiger partial charge in [0.1, 0.15) is 0 Å². The first-order chi connectivity index (χ1) is 9.61. The molecule has 0 unspecified atom stereocenters. The number of hydrogen-bond acceptors (Lipinski definition) is 5. The highest BCUT2D eigenvalue weighted by Crippen LogP contribution is 2.14. The standard InChI is InChI=1S/C13H13N3O3S/c1-2-16(7-9-3-5-14-6-4-9)12(17)11-15-10(8-20-11)13(18)19/h3-6,8H,2,7H2,1H3,(H,18,19). The lowest BCUT2D eigenvalue weighted by Gasteiger charge is -2.19. The van der Waals surface area contributed by atoms with Crippen molar-refractivity contribution in [2.45, 2.75) is 13.5 Å². The number of hydrogen-bond donors (Lipinski definition) is 1. The average Bonchev–Trinajstić information content (AvgIpc) is 2.95. The van der Waals surface area contributed by atoms with Gasteiger partial charge in [-0.15, -0.1) is 11.3 Å². The summed E-state index contributed by atoms with van der Waals surface area (Å²) in [5.41, 5.74) is 0.864. The van der Waals surface area contributed by atoms with Crippen molar-refractivity contribution in [3.8, 4) is 0 Å².